The minimum absolute atomic E-state index is 0.623. The normalized spacial score (nSPS) is 10.1. The third kappa shape index (κ3) is 2.93. The Morgan fingerprint density at radius 1 is 1.50 bits per heavy atom. The van der Waals surface area contributed by atoms with Crippen molar-refractivity contribution in [3.63, 3.8) is 0 Å². The lowest BCUT2D eigenvalue weighted by Gasteiger charge is -2.04. The summed E-state index contributed by atoms with van der Waals surface area (Å²) >= 11 is 5.14. The Balaban J connectivity index is 1.99. The molecule has 2 aromatic rings. The third-order valence-corrected chi connectivity index (χ3v) is 3.64. The van der Waals surface area contributed by atoms with Crippen LogP contribution in [0.5, 0.6) is 0 Å². The van der Waals surface area contributed by atoms with Gasteiger partial charge in [-0.1, -0.05) is 0 Å². The molecular weight excluding hydrogens is 288 g/mol. The Bertz CT molecular complexity index is 471. The van der Waals surface area contributed by atoms with Crippen LogP contribution in [0, 0.1) is 0 Å². The van der Waals surface area contributed by atoms with Crippen molar-refractivity contribution in [1.82, 2.24) is 9.97 Å². The molecule has 0 saturated carbocycles. The number of anilines is 2. The van der Waals surface area contributed by atoms with E-state index in [1.54, 1.807) is 24.6 Å². The molecule has 0 atom stereocenters. The molecule has 0 radical (unpaired) electrons. The number of aromatic nitrogens is 2. The molecule has 2 rings (SSSR count). The Hall–Kier alpha value is -1.14. The third-order valence-electron chi connectivity index (χ3n) is 1.94. The fourth-order valence-electron chi connectivity index (χ4n) is 1.20. The lowest BCUT2D eigenvalue weighted by molar-refractivity contribution is 1.09. The summed E-state index contributed by atoms with van der Waals surface area (Å²) in [5, 5.41) is 8.22. The van der Waals surface area contributed by atoms with Crippen LogP contribution < -0.4 is 10.6 Å². The van der Waals surface area contributed by atoms with Gasteiger partial charge in [0.1, 0.15) is 5.82 Å². The molecule has 0 saturated heterocycles. The molecule has 0 bridgehead atoms. The zero-order valence-corrected chi connectivity index (χ0v) is 11.1. The van der Waals surface area contributed by atoms with E-state index in [9.17, 15) is 0 Å². The Kier molecular flexibility index (Phi) is 3.74. The van der Waals surface area contributed by atoms with Crippen molar-refractivity contribution < 1.29 is 0 Å². The van der Waals surface area contributed by atoms with Gasteiger partial charge >= 0.3 is 0 Å². The van der Waals surface area contributed by atoms with Crippen LogP contribution in [0.2, 0.25) is 0 Å². The molecule has 6 heteroatoms. The maximum Gasteiger partial charge on any atom is 0.224 e. The summed E-state index contributed by atoms with van der Waals surface area (Å²) in [6.07, 6.45) is 1.73. The summed E-state index contributed by atoms with van der Waals surface area (Å²) in [5.41, 5.74) is 0. The standard InChI is InChI=1S/C10H11BrN4S/c1-12-10-13-3-2-9(15-10)14-5-8-4-7(11)6-16-8/h2-4,6H,5H2,1H3,(H2,12,13,14,15). The number of hydrogen-bond acceptors (Lipinski definition) is 5. The van der Waals surface area contributed by atoms with E-state index in [4.69, 9.17) is 0 Å². The van der Waals surface area contributed by atoms with Gasteiger partial charge in [0.05, 0.1) is 6.54 Å². The Morgan fingerprint density at radius 2 is 2.38 bits per heavy atom. The fourth-order valence-corrected chi connectivity index (χ4v) is 2.59. The van der Waals surface area contributed by atoms with Gasteiger partial charge in [-0.15, -0.1) is 11.3 Å². The predicted octanol–water partition coefficient (Wildman–Crippen LogP) is 2.95. The molecule has 0 fully saturated rings. The molecule has 0 aliphatic carbocycles. The SMILES string of the molecule is CNc1nccc(NCc2cc(Br)cs2)n1. The fraction of sp³-hybridized carbons (Fsp3) is 0.200. The molecule has 0 amide bonds. The van der Waals surface area contributed by atoms with E-state index < -0.39 is 0 Å². The van der Waals surface area contributed by atoms with Crippen LogP contribution in [-0.4, -0.2) is 17.0 Å². The molecule has 2 heterocycles. The average Bonchev–Trinajstić information content (AvgIpc) is 2.73. The lowest BCUT2D eigenvalue weighted by Crippen LogP contribution is -2.02. The van der Waals surface area contributed by atoms with Crippen molar-refractivity contribution in [3.8, 4) is 0 Å². The number of rotatable bonds is 4. The highest BCUT2D eigenvalue weighted by molar-refractivity contribution is 9.10. The molecule has 2 N–H and O–H groups in total. The topological polar surface area (TPSA) is 49.8 Å². The van der Waals surface area contributed by atoms with Crippen molar-refractivity contribution in [1.29, 1.82) is 0 Å². The largest absolute Gasteiger partial charge is 0.365 e. The van der Waals surface area contributed by atoms with Crippen LogP contribution in [0.1, 0.15) is 4.88 Å². The number of thiophene rings is 1. The smallest absolute Gasteiger partial charge is 0.224 e. The Morgan fingerprint density at radius 3 is 3.06 bits per heavy atom. The zero-order chi connectivity index (χ0) is 11.4. The molecule has 2 aromatic heterocycles. The highest BCUT2D eigenvalue weighted by atomic mass is 79.9. The van der Waals surface area contributed by atoms with Crippen LogP contribution in [0.15, 0.2) is 28.2 Å². The summed E-state index contributed by atoms with van der Waals surface area (Å²) in [5.74, 6) is 1.45. The second-order valence-electron chi connectivity index (χ2n) is 3.10. The van der Waals surface area contributed by atoms with Gasteiger partial charge in [0, 0.05) is 28.0 Å². The lowest BCUT2D eigenvalue weighted by atomic mass is 10.4. The second-order valence-corrected chi connectivity index (χ2v) is 5.01. The van der Waals surface area contributed by atoms with Crippen molar-refractivity contribution >= 4 is 39.0 Å². The number of nitrogens with zero attached hydrogens (tertiary/aromatic N) is 2. The van der Waals surface area contributed by atoms with Crippen LogP contribution in [0.25, 0.3) is 0 Å². The van der Waals surface area contributed by atoms with Gasteiger partial charge in [-0.2, -0.15) is 4.98 Å². The molecule has 4 nitrogen and oxygen atoms in total. The van der Waals surface area contributed by atoms with E-state index in [0.717, 1.165) is 16.8 Å². The van der Waals surface area contributed by atoms with Crippen LogP contribution >= 0.6 is 27.3 Å². The van der Waals surface area contributed by atoms with Crippen molar-refractivity contribution in [2.75, 3.05) is 17.7 Å². The minimum atomic E-state index is 0.623. The quantitative estimate of drug-likeness (QED) is 0.911. The first-order valence-electron chi connectivity index (χ1n) is 4.75. The highest BCUT2D eigenvalue weighted by Crippen LogP contribution is 2.20. The van der Waals surface area contributed by atoms with Gasteiger partial charge < -0.3 is 10.6 Å². The highest BCUT2D eigenvalue weighted by Gasteiger charge is 1.99. The van der Waals surface area contributed by atoms with E-state index in [-0.39, 0.29) is 0 Å². The average molecular weight is 299 g/mol. The summed E-state index contributed by atoms with van der Waals surface area (Å²) < 4.78 is 1.12. The zero-order valence-electron chi connectivity index (χ0n) is 8.70. The van der Waals surface area contributed by atoms with E-state index in [1.807, 2.05) is 6.07 Å². The van der Waals surface area contributed by atoms with Crippen LogP contribution in [0.4, 0.5) is 11.8 Å². The maximum atomic E-state index is 4.27. The summed E-state index contributed by atoms with van der Waals surface area (Å²) in [6.45, 7) is 0.774. The number of nitrogens with one attached hydrogen (secondary N) is 2. The molecule has 0 aromatic carbocycles. The molecule has 0 unspecified atom stereocenters. The second kappa shape index (κ2) is 5.27. The minimum Gasteiger partial charge on any atom is -0.365 e. The van der Waals surface area contributed by atoms with Gasteiger partial charge in [-0.05, 0) is 28.1 Å². The number of hydrogen-bond donors (Lipinski definition) is 2. The molecule has 0 spiro atoms. The number of halogens is 1. The van der Waals surface area contributed by atoms with Crippen LogP contribution in [-0.2, 0) is 6.54 Å². The van der Waals surface area contributed by atoms with Gasteiger partial charge in [-0.25, -0.2) is 4.98 Å². The van der Waals surface area contributed by atoms with Gasteiger partial charge in [0.2, 0.25) is 5.95 Å². The van der Waals surface area contributed by atoms with Gasteiger partial charge in [-0.3, -0.25) is 0 Å². The Labute approximate surface area is 106 Å². The van der Waals surface area contributed by atoms with E-state index in [2.05, 4.69) is 48.0 Å². The van der Waals surface area contributed by atoms with E-state index in [1.165, 1.54) is 4.88 Å². The first-order valence-corrected chi connectivity index (χ1v) is 6.43. The molecule has 0 aliphatic heterocycles. The monoisotopic (exact) mass is 298 g/mol. The molecular formula is C10H11BrN4S. The van der Waals surface area contributed by atoms with Crippen LogP contribution in [0.3, 0.4) is 0 Å². The summed E-state index contributed by atoms with van der Waals surface area (Å²) in [6, 6.07) is 3.95. The van der Waals surface area contributed by atoms with Gasteiger partial charge in [0.25, 0.3) is 0 Å². The first-order chi connectivity index (χ1) is 7.78. The van der Waals surface area contributed by atoms with Crippen molar-refractivity contribution in [2.45, 2.75) is 6.54 Å². The van der Waals surface area contributed by atoms with Crippen molar-refractivity contribution in [2.24, 2.45) is 0 Å². The van der Waals surface area contributed by atoms with E-state index in [0.29, 0.717) is 5.95 Å². The maximum absolute atomic E-state index is 4.27. The van der Waals surface area contributed by atoms with Gasteiger partial charge in [0.15, 0.2) is 0 Å². The summed E-state index contributed by atoms with van der Waals surface area (Å²) in [4.78, 5) is 9.58. The molecule has 0 aliphatic rings. The molecule has 16 heavy (non-hydrogen) atoms. The summed E-state index contributed by atoms with van der Waals surface area (Å²) in [7, 11) is 1.80. The van der Waals surface area contributed by atoms with Crippen molar-refractivity contribution in [3.05, 3.63) is 33.1 Å². The molecule has 84 valence electrons. The van der Waals surface area contributed by atoms with E-state index >= 15 is 0 Å². The first kappa shape index (κ1) is 11.3. The predicted molar refractivity (Wildman–Crippen MR) is 70.9 cm³/mol.